The summed E-state index contributed by atoms with van der Waals surface area (Å²) in [7, 11) is 0. The summed E-state index contributed by atoms with van der Waals surface area (Å²) < 4.78 is 17.1. The van der Waals surface area contributed by atoms with Gasteiger partial charge in [0.15, 0.2) is 0 Å². The molecule has 9 nitrogen and oxygen atoms in total. The van der Waals surface area contributed by atoms with E-state index in [9.17, 15) is 19.2 Å². The number of hydrogen-bond acceptors (Lipinski definition) is 8. The zero-order chi connectivity index (χ0) is 46.2. The summed E-state index contributed by atoms with van der Waals surface area (Å²) >= 11 is 0. The van der Waals surface area contributed by atoms with Crippen molar-refractivity contribution in [3.63, 3.8) is 0 Å². The molecule has 372 valence electrons. The number of nitrogens with two attached hydrogens (primary N) is 1. The van der Waals surface area contributed by atoms with Crippen LogP contribution in [0.15, 0.2) is 0 Å². The van der Waals surface area contributed by atoms with E-state index in [2.05, 4.69) is 26.1 Å². The average molecular weight is 893 g/mol. The van der Waals surface area contributed by atoms with Crippen LogP contribution in [0.5, 0.6) is 0 Å². The first-order valence-corrected chi connectivity index (χ1v) is 27.3. The summed E-state index contributed by atoms with van der Waals surface area (Å²) in [4.78, 5) is 51.6. The van der Waals surface area contributed by atoms with Gasteiger partial charge >= 0.3 is 17.9 Å². The van der Waals surface area contributed by atoms with Crippen LogP contribution in [0.3, 0.4) is 0 Å². The number of esters is 3. The van der Waals surface area contributed by atoms with Crippen LogP contribution in [0.1, 0.15) is 290 Å². The van der Waals surface area contributed by atoms with Crippen LogP contribution < -0.4 is 11.1 Å². The quantitative estimate of drug-likeness (QED) is 0.0350. The minimum absolute atomic E-state index is 0.260. The molecule has 0 saturated heterocycles. The van der Waals surface area contributed by atoms with Gasteiger partial charge in [0, 0.05) is 19.3 Å². The molecule has 0 rings (SSSR count). The molecule has 9 heteroatoms. The van der Waals surface area contributed by atoms with Gasteiger partial charge in [0.25, 0.3) is 0 Å². The molecule has 0 aliphatic rings. The summed E-state index contributed by atoms with van der Waals surface area (Å²) in [6.45, 7) is 5.60. The maximum absolute atomic E-state index is 12.9. The lowest BCUT2D eigenvalue weighted by Gasteiger charge is -2.33. The van der Waals surface area contributed by atoms with Crippen LogP contribution in [0, 0.1) is 0 Å². The minimum Gasteiger partial charge on any atom is -0.463 e. The molecule has 0 aromatic heterocycles. The van der Waals surface area contributed by atoms with Crippen molar-refractivity contribution >= 4 is 23.8 Å². The number of carbonyl (C=O) groups excluding carboxylic acids is 4. The lowest BCUT2D eigenvalue weighted by atomic mass is 10.0. The van der Waals surface area contributed by atoms with Gasteiger partial charge in [-0.3, -0.25) is 19.2 Å². The fourth-order valence-corrected chi connectivity index (χ4v) is 8.31. The Morgan fingerprint density at radius 3 is 0.714 bits per heavy atom. The van der Waals surface area contributed by atoms with E-state index in [1.807, 2.05) is 0 Å². The van der Waals surface area contributed by atoms with E-state index >= 15 is 0 Å². The summed E-state index contributed by atoms with van der Waals surface area (Å²) in [5.41, 5.74) is 4.27. The monoisotopic (exact) mass is 893 g/mol. The first kappa shape index (κ1) is 60.8. The Balaban J connectivity index is 4.89. The van der Waals surface area contributed by atoms with E-state index in [0.29, 0.717) is 0 Å². The fraction of sp³-hybridized carbons (Fsp3) is 0.926. The van der Waals surface area contributed by atoms with Crippen molar-refractivity contribution in [1.29, 1.82) is 0 Å². The third-order valence-electron chi connectivity index (χ3n) is 12.6. The second-order valence-electron chi connectivity index (χ2n) is 19.0. The number of unbranched alkanes of at least 4 members (excludes halogenated alkanes) is 36. The number of rotatable bonds is 50. The Bertz CT molecular complexity index is 926. The van der Waals surface area contributed by atoms with E-state index in [0.717, 1.165) is 57.8 Å². The molecular weight excluding hydrogens is 789 g/mol. The maximum atomic E-state index is 12.9. The Morgan fingerprint density at radius 2 is 0.524 bits per heavy atom. The van der Waals surface area contributed by atoms with Gasteiger partial charge in [-0.1, -0.05) is 252 Å². The Morgan fingerprint density at radius 1 is 0.333 bits per heavy atom. The van der Waals surface area contributed by atoms with Gasteiger partial charge in [0.05, 0.1) is 6.54 Å². The van der Waals surface area contributed by atoms with Crippen molar-refractivity contribution in [3.05, 3.63) is 0 Å². The predicted octanol–water partition coefficient (Wildman–Crippen LogP) is 14.9. The van der Waals surface area contributed by atoms with Crippen LogP contribution in [0.4, 0.5) is 0 Å². The first-order chi connectivity index (χ1) is 30.8. The molecule has 0 heterocycles. The molecule has 0 aromatic carbocycles. The predicted molar refractivity (Wildman–Crippen MR) is 264 cm³/mol. The largest absolute Gasteiger partial charge is 0.463 e. The molecule has 0 unspecified atom stereocenters. The van der Waals surface area contributed by atoms with Gasteiger partial charge in [-0.15, -0.1) is 0 Å². The number of hydrogen-bond donors (Lipinski definition) is 2. The minimum atomic E-state index is -1.43. The van der Waals surface area contributed by atoms with E-state index in [-0.39, 0.29) is 63.5 Å². The standard InChI is InChI=1S/C54H104N2O7/c1-4-7-10-13-16-19-22-25-28-31-34-37-40-43-51(58)61-47-54(56-50(57)46-55,48-62-52(59)44-41-38-35-32-29-26-23-20-17-14-11-8-5-2)49-63-53(60)45-42-39-36-33-30-27-24-21-18-15-12-9-6-3/h4-49,55H2,1-3H3,(H,56,57). The van der Waals surface area contributed by atoms with Crippen LogP contribution >= 0.6 is 0 Å². The Hall–Kier alpha value is -2.16. The van der Waals surface area contributed by atoms with E-state index in [1.165, 1.54) is 193 Å². The third kappa shape index (κ3) is 43.5. The van der Waals surface area contributed by atoms with Crippen LogP contribution in [0.25, 0.3) is 0 Å². The topological polar surface area (TPSA) is 134 Å². The number of amides is 1. The smallest absolute Gasteiger partial charge is 0.305 e. The lowest BCUT2D eigenvalue weighted by Crippen LogP contribution is -2.60. The van der Waals surface area contributed by atoms with Gasteiger partial charge in [-0.2, -0.15) is 0 Å². The molecule has 63 heavy (non-hydrogen) atoms. The highest BCUT2D eigenvalue weighted by Gasteiger charge is 2.37. The summed E-state index contributed by atoms with van der Waals surface area (Å²) in [5.74, 6) is -1.68. The summed E-state index contributed by atoms with van der Waals surface area (Å²) in [5, 5.41) is 2.80. The highest BCUT2D eigenvalue weighted by atomic mass is 16.6. The lowest BCUT2D eigenvalue weighted by molar-refractivity contribution is -0.159. The summed E-state index contributed by atoms with van der Waals surface area (Å²) in [6, 6.07) is 0. The van der Waals surface area contributed by atoms with Crippen LogP contribution in [0.2, 0.25) is 0 Å². The Kier molecular flexibility index (Phi) is 46.2. The molecule has 0 radical (unpaired) electrons. The highest BCUT2D eigenvalue weighted by Crippen LogP contribution is 2.18. The molecule has 1 amide bonds. The van der Waals surface area contributed by atoms with Gasteiger partial charge in [-0.25, -0.2) is 0 Å². The van der Waals surface area contributed by atoms with E-state index in [1.54, 1.807) is 0 Å². The SMILES string of the molecule is CCCCCCCCCCCCCCCC(=O)OCC(COC(=O)CCCCCCCCCCCCCCC)(COC(=O)CCCCCCCCCCCCCCC)NC(=O)CN. The molecule has 0 bridgehead atoms. The van der Waals surface area contributed by atoms with Crippen molar-refractivity contribution in [2.75, 3.05) is 26.4 Å². The van der Waals surface area contributed by atoms with Gasteiger partial charge < -0.3 is 25.3 Å². The average Bonchev–Trinajstić information content (AvgIpc) is 3.28. The van der Waals surface area contributed by atoms with Crippen molar-refractivity contribution in [2.24, 2.45) is 5.73 Å². The summed E-state index contributed by atoms with van der Waals surface area (Å²) in [6.07, 6.45) is 48.2. The molecule has 0 aromatic rings. The molecule has 0 atom stereocenters. The van der Waals surface area contributed by atoms with Crippen LogP contribution in [-0.4, -0.2) is 55.7 Å². The zero-order valence-corrected chi connectivity index (χ0v) is 42.0. The number of ether oxygens (including phenoxy) is 3. The number of nitrogens with one attached hydrogen (secondary N) is 1. The second kappa shape index (κ2) is 47.8. The van der Waals surface area contributed by atoms with Crippen molar-refractivity contribution in [1.82, 2.24) is 5.32 Å². The second-order valence-corrected chi connectivity index (χ2v) is 19.0. The molecule has 0 spiro atoms. The Labute approximate surface area is 389 Å². The van der Waals surface area contributed by atoms with Gasteiger partial charge in [0.2, 0.25) is 5.91 Å². The fourth-order valence-electron chi connectivity index (χ4n) is 8.31. The maximum Gasteiger partial charge on any atom is 0.305 e. The van der Waals surface area contributed by atoms with Crippen molar-refractivity contribution in [2.45, 2.75) is 296 Å². The third-order valence-corrected chi connectivity index (χ3v) is 12.6. The molecule has 0 fully saturated rings. The van der Waals surface area contributed by atoms with Crippen molar-refractivity contribution < 1.29 is 33.4 Å². The first-order valence-electron chi connectivity index (χ1n) is 27.3. The normalized spacial score (nSPS) is 11.5. The number of carbonyl (C=O) groups is 4. The highest BCUT2D eigenvalue weighted by molar-refractivity contribution is 5.79. The van der Waals surface area contributed by atoms with E-state index < -0.39 is 11.4 Å². The molecular formula is C54H104N2O7. The van der Waals surface area contributed by atoms with E-state index in [4.69, 9.17) is 19.9 Å². The molecule has 0 aliphatic heterocycles. The molecule has 0 aliphatic carbocycles. The molecule has 0 saturated carbocycles. The van der Waals surface area contributed by atoms with Gasteiger partial charge in [-0.05, 0) is 19.3 Å². The zero-order valence-electron chi connectivity index (χ0n) is 42.0. The van der Waals surface area contributed by atoms with Crippen molar-refractivity contribution in [3.8, 4) is 0 Å². The molecule has 3 N–H and O–H groups in total. The van der Waals surface area contributed by atoms with Gasteiger partial charge in [0.1, 0.15) is 25.4 Å². The van der Waals surface area contributed by atoms with Crippen LogP contribution in [-0.2, 0) is 33.4 Å².